The van der Waals surface area contributed by atoms with Crippen molar-refractivity contribution < 1.29 is 4.79 Å². The molecule has 1 aliphatic rings. The number of hydrogen-bond donors (Lipinski definition) is 2. The second-order valence-corrected chi connectivity index (χ2v) is 8.33. The number of amides is 1. The third-order valence-corrected chi connectivity index (χ3v) is 5.14. The van der Waals surface area contributed by atoms with Crippen LogP contribution in [0, 0.1) is 12.8 Å². The Hall–Kier alpha value is -1.59. The summed E-state index contributed by atoms with van der Waals surface area (Å²) >= 11 is 0. The van der Waals surface area contributed by atoms with Gasteiger partial charge < -0.3 is 16.0 Å². The van der Waals surface area contributed by atoms with Gasteiger partial charge in [0.05, 0.1) is 0 Å². The highest BCUT2D eigenvalue weighted by Crippen LogP contribution is 2.18. The van der Waals surface area contributed by atoms with Crippen LogP contribution in [0.2, 0.25) is 0 Å². The molecule has 1 fully saturated rings. The summed E-state index contributed by atoms with van der Waals surface area (Å²) in [4.78, 5) is 17.2. The van der Waals surface area contributed by atoms with Crippen molar-refractivity contribution in [1.29, 1.82) is 0 Å². The third-order valence-electron chi connectivity index (χ3n) is 5.14. The van der Waals surface area contributed by atoms with E-state index in [0.29, 0.717) is 18.9 Å². The molecule has 1 unspecified atom stereocenters. The van der Waals surface area contributed by atoms with Crippen LogP contribution in [0.5, 0.6) is 0 Å². The average Bonchev–Trinajstić information content (AvgIpc) is 2.59. The molecule has 0 bridgehead atoms. The van der Waals surface area contributed by atoms with Gasteiger partial charge in [-0.15, -0.1) is 0 Å². The van der Waals surface area contributed by atoms with Crippen LogP contribution in [0.4, 0.5) is 5.69 Å². The second kappa shape index (κ2) is 9.38. The third kappa shape index (κ3) is 6.29. The van der Waals surface area contributed by atoms with E-state index >= 15 is 0 Å². The van der Waals surface area contributed by atoms with Gasteiger partial charge in [0.2, 0.25) is 5.91 Å². The van der Waals surface area contributed by atoms with Crippen molar-refractivity contribution >= 4 is 11.6 Å². The number of carbonyl (C=O) groups is 1. The first-order valence-electron chi connectivity index (χ1n) is 9.86. The number of benzene rings is 1. The summed E-state index contributed by atoms with van der Waals surface area (Å²) in [5, 5.41) is 3.15. The molecule has 1 amide bonds. The maximum Gasteiger partial charge on any atom is 0.221 e. The van der Waals surface area contributed by atoms with Gasteiger partial charge in [-0.25, -0.2) is 0 Å². The Morgan fingerprint density at radius 2 is 1.96 bits per heavy atom. The predicted molar refractivity (Wildman–Crippen MR) is 110 cm³/mol. The van der Waals surface area contributed by atoms with Gasteiger partial charge in [-0.05, 0) is 43.9 Å². The van der Waals surface area contributed by atoms with Crippen LogP contribution < -0.4 is 16.0 Å². The molecule has 0 spiro atoms. The van der Waals surface area contributed by atoms with Gasteiger partial charge in [0.15, 0.2) is 0 Å². The van der Waals surface area contributed by atoms with Crippen LogP contribution in [-0.4, -0.2) is 55.6 Å². The van der Waals surface area contributed by atoms with Gasteiger partial charge in [-0.2, -0.15) is 0 Å². The zero-order valence-electron chi connectivity index (χ0n) is 16.9. The molecule has 1 heterocycles. The molecule has 1 aromatic carbocycles. The lowest BCUT2D eigenvalue weighted by molar-refractivity contribution is -0.123. The van der Waals surface area contributed by atoms with E-state index in [4.69, 9.17) is 5.73 Å². The fraction of sp³-hybridized carbons (Fsp3) is 0.667. The topological polar surface area (TPSA) is 61.6 Å². The number of anilines is 1. The Balaban J connectivity index is 1.75. The van der Waals surface area contributed by atoms with E-state index < -0.39 is 0 Å². The minimum atomic E-state index is -0.297. The molecule has 1 aromatic rings. The molecule has 5 heteroatoms. The lowest BCUT2D eigenvalue weighted by Crippen LogP contribution is -2.53. The molecule has 0 aromatic heterocycles. The van der Waals surface area contributed by atoms with Crippen LogP contribution in [0.3, 0.4) is 0 Å². The fourth-order valence-electron chi connectivity index (χ4n) is 3.80. The summed E-state index contributed by atoms with van der Waals surface area (Å²) in [5.74, 6) is 0.623. The van der Waals surface area contributed by atoms with Gasteiger partial charge in [0, 0.05) is 56.9 Å². The molecule has 2 rings (SSSR count). The minimum absolute atomic E-state index is 0.111. The van der Waals surface area contributed by atoms with Crippen molar-refractivity contribution in [3.8, 4) is 0 Å². The molecule has 26 heavy (non-hydrogen) atoms. The maximum absolute atomic E-state index is 12.4. The van der Waals surface area contributed by atoms with Crippen molar-refractivity contribution in [2.45, 2.75) is 46.1 Å². The average molecular weight is 361 g/mol. The molecule has 5 nitrogen and oxygen atoms in total. The van der Waals surface area contributed by atoms with Crippen LogP contribution in [-0.2, 0) is 4.79 Å². The zero-order chi connectivity index (χ0) is 19.2. The predicted octanol–water partition coefficient (Wildman–Crippen LogP) is 2.39. The molecule has 0 aliphatic carbocycles. The van der Waals surface area contributed by atoms with Crippen molar-refractivity contribution in [1.82, 2.24) is 10.2 Å². The zero-order valence-corrected chi connectivity index (χ0v) is 16.9. The van der Waals surface area contributed by atoms with E-state index in [-0.39, 0.29) is 11.4 Å². The number of nitrogens with zero attached hydrogens (tertiary/aromatic N) is 2. The Labute approximate surface area is 158 Å². The molecular formula is C21H36N4O. The smallest absolute Gasteiger partial charge is 0.221 e. The maximum atomic E-state index is 12.4. The van der Waals surface area contributed by atoms with Crippen LogP contribution >= 0.6 is 0 Å². The van der Waals surface area contributed by atoms with Gasteiger partial charge in [-0.3, -0.25) is 9.69 Å². The number of aryl methyl sites for hydroxylation is 1. The molecule has 1 atom stereocenters. The molecule has 1 saturated heterocycles. The quantitative estimate of drug-likeness (QED) is 0.747. The normalized spacial score (nSPS) is 18.0. The summed E-state index contributed by atoms with van der Waals surface area (Å²) in [6.45, 7) is 13.8. The SMILES string of the molecule is Cc1cccc(N2CCN(CCC(=O)NC(C)(CN)CC(C)C)CC2)c1. The summed E-state index contributed by atoms with van der Waals surface area (Å²) in [5.41, 5.74) is 8.19. The Bertz CT molecular complexity index is 581. The summed E-state index contributed by atoms with van der Waals surface area (Å²) in [6.07, 6.45) is 1.45. The van der Waals surface area contributed by atoms with Crippen LogP contribution in [0.1, 0.15) is 39.2 Å². The number of piperazine rings is 1. The molecule has 1 aliphatic heterocycles. The Morgan fingerprint density at radius 3 is 2.54 bits per heavy atom. The van der Waals surface area contributed by atoms with E-state index in [2.05, 4.69) is 60.2 Å². The minimum Gasteiger partial charge on any atom is -0.369 e. The number of hydrogen-bond acceptors (Lipinski definition) is 4. The number of nitrogens with two attached hydrogens (primary N) is 1. The number of rotatable bonds is 8. The lowest BCUT2D eigenvalue weighted by atomic mass is 9.90. The Morgan fingerprint density at radius 1 is 1.27 bits per heavy atom. The van der Waals surface area contributed by atoms with E-state index in [0.717, 1.165) is 39.1 Å². The van der Waals surface area contributed by atoms with Gasteiger partial charge in [0.1, 0.15) is 0 Å². The highest BCUT2D eigenvalue weighted by Gasteiger charge is 2.26. The Kier molecular flexibility index (Phi) is 7.47. The summed E-state index contributed by atoms with van der Waals surface area (Å²) in [7, 11) is 0. The van der Waals surface area contributed by atoms with Crippen LogP contribution in [0.25, 0.3) is 0 Å². The van der Waals surface area contributed by atoms with Gasteiger partial charge in [-0.1, -0.05) is 26.0 Å². The first kappa shape index (κ1) is 20.7. The van der Waals surface area contributed by atoms with Crippen molar-refractivity contribution in [3.05, 3.63) is 29.8 Å². The highest BCUT2D eigenvalue weighted by molar-refractivity contribution is 5.77. The molecular weight excluding hydrogens is 324 g/mol. The molecule has 0 saturated carbocycles. The van der Waals surface area contributed by atoms with Gasteiger partial charge in [0.25, 0.3) is 0 Å². The summed E-state index contributed by atoms with van der Waals surface area (Å²) < 4.78 is 0. The number of carbonyl (C=O) groups excluding carboxylic acids is 1. The van der Waals surface area contributed by atoms with Crippen molar-refractivity contribution in [2.24, 2.45) is 11.7 Å². The monoisotopic (exact) mass is 360 g/mol. The van der Waals surface area contributed by atoms with E-state index in [1.165, 1.54) is 11.3 Å². The second-order valence-electron chi connectivity index (χ2n) is 8.33. The summed E-state index contributed by atoms with van der Waals surface area (Å²) in [6, 6.07) is 8.67. The largest absolute Gasteiger partial charge is 0.369 e. The van der Waals surface area contributed by atoms with E-state index in [1.54, 1.807) is 0 Å². The van der Waals surface area contributed by atoms with Crippen LogP contribution in [0.15, 0.2) is 24.3 Å². The fourth-order valence-corrected chi connectivity index (χ4v) is 3.80. The first-order chi connectivity index (χ1) is 12.3. The van der Waals surface area contributed by atoms with Gasteiger partial charge >= 0.3 is 0 Å². The number of nitrogens with one attached hydrogen (secondary N) is 1. The molecule has 3 N–H and O–H groups in total. The lowest BCUT2D eigenvalue weighted by Gasteiger charge is -2.36. The molecule has 146 valence electrons. The van der Waals surface area contributed by atoms with Crippen molar-refractivity contribution in [3.63, 3.8) is 0 Å². The van der Waals surface area contributed by atoms with E-state index in [1.807, 2.05) is 6.92 Å². The highest BCUT2D eigenvalue weighted by atomic mass is 16.1. The molecule has 0 radical (unpaired) electrons. The standard InChI is InChI=1S/C21H36N4O/c1-17(2)15-21(4,16-22)23-20(26)8-9-24-10-12-25(13-11-24)19-7-5-6-18(3)14-19/h5-7,14,17H,8-13,15-16,22H2,1-4H3,(H,23,26). The first-order valence-corrected chi connectivity index (χ1v) is 9.86. The van der Waals surface area contributed by atoms with Crippen molar-refractivity contribution in [2.75, 3.05) is 44.2 Å². The van der Waals surface area contributed by atoms with E-state index in [9.17, 15) is 4.79 Å².